The molecule has 1 aromatic carbocycles. The van der Waals surface area contributed by atoms with Crippen LogP contribution in [0, 0.1) is 17.8 Å². The number of fused-ring (bicyclic) bond motifs is 1. The average molecular weight is 395 g/mol. The predicted molar refractivity (Wildman–Crippen MR) is 111 cm³/mol. The van der Waals surface area contributed by atoms with E-state index in [1.54, 1.807) is 12.1 Å². The van der Waals surface area contributed by atoms with Gasteiger partial charge < -0.3 is 14.5 Å². The number of nitrogens with one attached hydrogen (secondary N) is 1. The molecule has 0 spiro atoms. The minimum Gasteiger partial charge on any atom is -0.484 e. The first-order valence-corrected chi connectivity index (χ1v) is 10.9. The minimum absolute atomic E-state index is 0.00244. The molecule has 5 heteroatoms. The van der Waals surface area contributed by atoms with Gasteiger partial charge in [0.1, 0.15) is 11.3 Å². The van der Waals surface area contributed by atoms with Crippen LogP contribution in [0.1, 0.15) is 63.9 Å². The molecule has 1 N–H and O–H groups in total. The van der Waals surface area contributed by atoms with Crippen LogP contribution in [0.5, 0.6) is 5.75 Å². The van der Waals surface area contributed by atoms with Gasteiger partial charge in [0, 0.05) is 23.1 Å². The fourth-order valence-electron chi connectivity index (χ4n) is 6.48. The highest BCUT2D eigenvalue weighted by atomic mass is 16.5. The third kappa shape index (κ3) is 3.56. The fraction of sp³-hybridized carbons (Fsp3) is 0.583. The van der Waals surface area contributed by atoms with Gasteiger partial charge in [0.05, 0.1) is 0 Å². The van der Waals surface area contributed by atoms with Crippen molar-refractivity contribution < 1.29 is 13.9 Å². The summed E-state index contributed by atoms with van der Waals surface area (Å²) >= 11 is 0. The van der Waals surface area contributed by atoms with Crippen molar-refractivity contribution in [2.45, 2.75) is 63.8 Å². The zero-order chi connectivity index (χ0) is 20.2. The molecule has 0 atom stereocenters. The summed E-state index contributed by atoms with van der Waals surface area (Å²) in [4.78, 5) is 24.5. The average Bonchev–Trinajstić information content (AvgIpc) is 2.63. The van der Waals surface area contributed by atoms with Crippen LogP contribution in [0.3, 0.4) is 0 Å². The number of ether oxygens (including phenoxy) is 1. The number of amides is 1. The summed E-state index contributed by atoms with van der Waals surface area (Å²) in [6.07, 6.45) is 7.45. The largest absolute Gasteiger partial charge is 0.484 e. The lowest BCUT2D eigenvalue weighted by molar-refractivity contribution is -0.128. The molecule has 4 aliphatic carbocycles. The van der Waals surface area contributed by atoms with E-state index in [4.69, 9.17) is 9.15 Å². The number of benzene rings is 1. The molecule has 4 fully saturated rings. The Hall–Kier alpha value is -2.30. The lowest BCUT2D eigenvalue weighted by Crippen LogP contribution is -2.60. The predicted octanol–water partition coefficient (Wildman–Crippen LogP) is 4.38. The van der Waals surface area contributed by atoms with E-state index in [9.17, 15) is 9.59 Å². The second-order valence-corrected chi connectivity index (χ2v) is 9.87. The van der Waals surface area contributed by atoms with Gasteiger partial charge in [0.15, 0.2) is 6.61 Å². The highest BCUT2D eigenvalue weighted by Gasteiger charge is 2.51. The van der Waals surface area contributed by atoms with Gasteiger partial charge in [0.25, 0.3) is 5.91 Å². The van der Waals surface area contributed by atoms with Crippen molar-refractivity contribution >= 4 is 16.9 Å². The SMILES string of the molecule is CC(C)c1cc(=O)oc2cc(OCC(=O)NC34CC5CC(CC(C5)C3)C4)ccc12. The molecule has 29 heavy (non-hydrogen) atoms. The van der Waals surface area contributed by atoms with E-state index >= 15 is 0 Å². The van der Waals surface area contributed by atoms with Crippen molar-refractivity contribution in [3.63, 3.8) is 0 Å². The molecule has 4 aliphatic rings. The first kappa shape index (κ1) is 18.7. The molecule has 154 valence electrons. The zero-order valence-electron chi connectivity index (χ0n) is 17.2. The summed E-state index contributed by atoms with van der Waals surface area (Å²) < 4.78 is 11.1. The Morgan fingerprint density at radius 3 is 2.41 bits per heavy atom. The van der Waals surface area contributed by atoms with Gasteiger partial charge in [-0.15, -0.1) is 0 Å². The third-order valence-electron chi connectivity index (χ3n) is 7.18. The standard InChI is InChI=1S/C24H29NO4/c1-14(2)20-9-23(27)29-21-8-18(3-4-19(20)21)28-13-22(26)25-24-10-15-5-16(11-24)7-17(6-15)12-24/h3-4,8-9,14-17H,5-7,10-13H2,1-2H3,(H,25,26). The summed E-state index contributed by atoms with van der Waals surface area (Å²) in [6.45, 7) is 4.09. The number of rotatable bonds is 5. The van der Waals surface area contributed by atoms with Gasteiger partial charge in [-0.3, -0.25) is 4.79 Å². The fourth-order valence-corrected chi connectivity index (χ4v) is 6.48. The molecule has 4 bridgehead atoms. The van der Waals surface area contributed by atoms with Gasteiger partial charge in [-0.05, 0) is 79.9 Å². The quantitative estimate of drug-likeness (QED) is 0.763. The van der Waals surface area contributed by atoms with Gasteiger partial charge in [-0.1, -0.05) is 13.8 Å². The Labute approximate surface area is 170 Å². The van der Waals surface area contributed by atoms with Gasteiger partial charge in [-0.25, -0.2) is 4.79 Å². The molecule has 2 aromatic rings. The number of hydrogen-bond donors (Lipinski definition) is 1. The van der Waals surface area contributed by atoms with Crippen LogP contribution < -0.4 is 15.7 Å². The van der Waals surface area contributed by atoms with Crippen LogP contribution in [0.15, 0.2) is 33.5 Å². The van der Waals surface area contributed by atoms with Crippen molar-refractivity contribution in [3.05, 3.63) is 40.2 Å². The Morgan fingerprint density at radius 1 is 1.14 bits per heavy atom. The van der Waals surface area contributed by atoms with Gasteiger partial charge in [-0.2, -0.15) is 0 Å². The lowest BCUT2D eigenvalue weighted by atomic mass is 9.53. The minimum atomic E-state index is -0.363. The Kier molecular flexibility index (Phi) is 4.45. The molecule has 5 nitrogen and oxygen atoms in total. The summed E-state index contributed by atoms with van der Waals surface area (Å²) in [7, 11) is 0. The second-order valence-electron chi connectivity index (χ2n) is 9.87. The van der Waals surface area contributed by atoms with Crippen LogP contribution in [0.25, 0.3) is 11.0 Å². The molecular weight excluding hydrogens is 366 g/mol. The van der Waals surface area contributed by atoms with Crippen molar-refractivity contribution in [1.29, 1.82) is 0 Å². The van der Waals surface area contributed by atoms with E-state index in [0.29, 0.717) is 11.3 Å². The molecule has 0 saturated heterocycles. The smallest absolute Gasteiger partial charge is 0.336 e. The van der Waals surface area contributed by atoms with Crippen LogP contribution in [0.4, 0.5) is 0 Å². The van der Waals surface area contributed by atoms with Gasteiger partial charge >= 0.3 is 5.63 Å². The highest BCUT2D eigenvalue weighted by Crippen LogP contribution is 2.55. The maximum Gasteiger partial charge on any atom is 0.336 e. The van der Waals surface area contributed by atoms with Crippen molar-refractivity contribution in [2.24, 2.45) is 17.8 Å². The van der Waals surface area contributed by atoms with E-state index in [1.807, 2.05) is 26.0 Å². The summed E-state index contributed by atoms with van der Waals surface area (Å²) in [5, 5.41) is 4.24. The van der Waals surface area contributed by atoms with E-state index in [1.165, 1.54) is 19.3 Å². The van der Waals surface area contributed by atoms with Crippen molar-refractivity contribution in [2.75, 3.05) is 6.61 Å². The third-order valence-corrected chi connectivity index (χ3v) is 7.18. The Balaban J connectivity index is 1.27. The molecule has 0 radical (unpaired) electrons. The van der Waals surface area contributed by atoms with Crippen LogP contribution in [0.2, 0.25) is 0 Å². The molecular formula is C24H29NO4. The topological polar surface area (TPSA) is 68.5 Å². The molecule has 1 heterocycles. The van der Waals surface area contributed by atoms with Crippen LogP contribution in [-0.2, 0) is 4.79 Å². The highest BCUT2D eigenvalue weighted by molar-refractivity contribution is 5.82. The summed E-state index contributed by atoms with van der Waals surface area (Å²) in [5.41, 5.74) is 1.10. The van der Waals surface area contributed by atoms with E-state index in [-0.39, 0.29) is 29.6 Å². The number of carbonyl (C=O) groups excluding carboxylic acids is 1. The number of hydrogen-bond acceptors (Lipinski definition) is 4. The van der Waals surface area contributed by atoms with Crippen molar-refractivity contribution in [3.8, 4) is 5.75 Å². The van der Waals surface area contributed by atoms with Gasteiger partial charge in [0.2, 0.25) is 0 Å². The Bertz CT molecular complexity index is 970. The first-order chi connectivity index (χ1) is 13.9. The van der Waals surface area contributed by atoms with Crippen LogP contribution >= 0.6 is 0 Å². The monoisotopic (exact) mass is 395 g/mol. The molecule has 4 saturated carbocycles. The zero-order valence-corrected chi connectivity index (χ0v) is 17.2. The van der Waals surface area contributed by atoms with E-state index in [0.717, 1.165) is 48.0 Å². The van der Waals surface area contributed by atoms with E-state index in [2.05, 4.69) is 5.32 Å². The summed E-state index contributed by atoms with van der Waals surface area (Å²) in [5.74, 6) is 3.09. The Morgan fingerprint density at radius 2 is 1.79 bits per heavy atom. The lowest BCUT2D eigenvalue weighted by Gasteiger charge is -2.56. The van der Waals surface area contributed by atoms with Crippen LogP contribution in [-0.4, -0.2) is 18.1 Å². The normalized spacial score (nSPS) is 30.1. The maximum absolute atomic E-state index is 12.7. The van der Waals surface area contributed by atoms with E-state index < -0.39 is 0 Å². The molecule has 1 aromatic heterocycles. The second kappa shape index (κ2) is 6.89. The number of carbonyl (C=O) groups is 1. The molecule has 1 amide bonds. The first-order valence-electron chi connectivity index (χ1n) is 10.9. The molecule has 0 unspecified atom stereocenters. The molecule has 0 aliphatic heterocycles. The molecule has 6 rings (SSSR count). The maximum atomic E-state index is 12.7. The van der Waals surface area contributed by atoms with Crippen molar-refractivity contribution in [1.82, 2.24) is 5.32 Å². The summed E-state index contributed by atoms with van der Waals surface area (Å²) in [6, 6.07) is 7.00.